The first kappa shape index (κ1) is 79.5. The van der Waals surface area contributed by atoms with E-state index in [1.165, 1.54) is 24.3 Å². The number of benzene rings is 4. The van der Waals surface area contributed by atoms with Gasteiger partial charge in [0.1, 0.15) is 0 Å². The van der Waals surface area contributed by atoms with Gasteiger partial charge in [-0.25, -0.2) is 37.3 Å². The number of hydrogen-bond acceptors (Lipinski definition) is 20. The second-order valence-electron chi connectivity index (χ2n) is 16.1. The molecular formula is C48H64Cl6Co2N8O12. The van der Waals surface area contributed by atoms with Crippen molar-refractivity contribution in [1.29, 1.82) is 0 Å². The van der Waals surface area contributed by atoms with Gasteiger partial charge in [-0.05, 0) is 70.8 Å². The molecule has 0 fully saturated rings. The van der Waals surface area contributed by atoms with Crippen LogP contribution < -0.4 is 79.0 Å². The van der Waals surface area contributed by atoms with Crippen LogP contribution in [0.3, 0.4) is 0 Å². The summed E-state index contributed by atoms with van der Waals surface area (Å²) < 4.78 is 67.9. The first-order valence-electron chi connectivity index (χ1n) is 22.4. The average molecular weight is 1280 g/mol. The zero-order valence-corrected chi connectivity index (χ0v) is 49.4. The van der Waals surface area contributed by atoms with Crippen molar-refractivity contribution in [2.75, 3.05) is 52.4 Å². The molecule has 4 N–H and O–H groups in total. The smallest absolute Gasteiger partial charge is 0.872 e. The van der Waals surface area contributed by atoms with Gasteiger partial charge in [0.15, 0.2) is 0 Å². The topological polar surface area (TPSA) is 374 Å². The van der Waals surface area contributed by atoms with Gasteiger partial charge in [0.05, 0.1) is 26.2 Å². The number of nitrogens with zero attached hydrogens (tertiary/aromatic N) is 4. The fourth-order valence-corrected chi connectivity index (χ4v) is 5.53. The van der Waals surface area contributed by atoms with Crippen molar-refractivity contribution in [2.45, 2.75) is 79.6 Å². The monoisotopic (exact) mass is 1270 g/mol. The van der Waals surface area contributed by atoms with E-state index in [0.717, 1.165) is 26.2 Å². The number of hydrogen-bond donors (Lipinski definition) is 4. The molecular weight excluding hydrogens is 1210 g/mol. The second-order valence-corrected chi connectivity index (χ2v) is 19.3. The summed E-state index contributed by atoms with van der Waals surface area (Å²) in [6.45, 7) is 22.5. The summed E-state index contributed by atoms with van der Waals surface area (Å²) in [5, 5.41) is 60.7. The summed E-state index contributed by atoms with van der Waals surface area (Å²) in [4.78, 5) is 16.7. The van der Waals surface area contributed by atoms with E-state index in [0.29, 0.717) is 92.7 Å². The number of aliphatic imine (C=N–C) groups is 4. The van der Waals surface area contributed by atoms with E-state index in [1.807, 2.05) is 0 Å². The Morgan fingerprint density at radius 1 is 0.368 bits per heavy atom. The Labute approximate surface area is 490 Å². The zero-order valence-electron chi connectivity index (χ0n) is 42.8. The van der Waals surface area contributed by atoms with E-state index in [-0.39, 0.29) is 56.6 Å². The van der Waals surface area contributed by atoms with E-state index in [4.69, 9.17) is 83.7 Å². The molecule has 76 heavy (non-hydrogen) atoms. The van der Waals surface area contributed by atoms with E-state index in [1.54, 1.807) is 73.4 Å². The van der Waals surface area contributed by atoms with Crippen molar-refractivity contribution < 1.29 is 112 Å². The molecule has 0 aliphatic carbocycles. The molecule has 0 atom stereocenters. The molecule has 0 saturated carbocycles. The van der Waals surface area contributed by atoms with Crippen molar-refractivity contribution in [3.63, 3.8) is 0 Å². The third-order valence-corrected chi connectivity index (χ3v) is 8.92. The number of halogens is 6. The van der Waals surface area contributed by atoms with Gasteiger partial charge in [0.2, 0.25) is 0 Å². The Hall–Kier alpha value is -2.97. The maximum atomic E-state index is 11.4. The first-order valence-corrected chi connectivity index (χ1v) is 26.4. The van der Waals surface area contributed by atoms with Crippen LogP contribution in [0.15, 0.2) is 92.8 Å². The second kappa shape index (κ2) is 45.9. The fraction of sp³-hybridized carbons (Fsp3) is 0.417. The van der Waals surface area contributed by atoms with Crippen molar-refractivity contribution in [1.82, 2.24) is 21.3 Å². The van der Waals surface area contributed by atoms with Gasteiger partial charge in [0.25, 0.3) is 0 Å². The van der Waals surface area contributed by atoms with Crippen LogP contribution in [0.4, 0.5) is 0 Å². The SMILES string of the molecule is CC(C)NCCN=Cc1cc(Cl)ccc1[O-].CC(C)NCCN=Cc1cc(Cl)ccc1[O-].CC(C)NCCN=Cc1cc(Cl)ccc1[O-].CC(C)NCCN=Cc1cc(Cl)ccc1[O-].[Co+3].[Co+3].[O-][Cl+3]([O-])([O-])[O-].[O-][Cl+3]([O-])([O-])[O-]. The normalized spacial score (nSPS) is 11.3. The van der Waals surface area contributed by atoms with Crippen LogP contribution in [0.5, 0.6) is 23.0 Å². The Balaban J connectivity index is -0.000000425. The summed E-state index contributed by atoms with van der Waals surface area (Å²) >= 11 is 23.1. The number of rotatable bonds is 20. The number of nitrogens with one attached hydrogen (secondary N) is 4. The van der Waals surface area contributed by atoms with E-state index in [2.05, 4.69) is 96.6 Å². The van der Waals surface area contributed by atoms with Crippen molar-refractivity contribution in [2.24, 2.45) is 20.0 Å². The Morgan fingerprint density at radius 3 is 0.671 bits per heavy atom. The fourth-order valence-electron chi connectivity index (χ4n) is 4.80. The molecule has 428 valence electrons. The van der Waals surface area contributed by atoms with E-state index in [9.17, 15) is 20.4 Å². The van der Waals surface area contributed by atoms with Gasteiger partial charge in [-0.3, -0.25) is 20.0 Å². The molecule has 0 spiro atoms. The molecule has 4 aromatic carbocycles. The zero-order chi connectivity index (χ0) is 56.9. The van der Waals surface area contributed by atoms with Crippen LogP contribution in [0.2, 0.25) is 20.1 Å². The van der Waals surface area contributed by atoms with Crippen molar-refractivity contribution in [3.05, 3.63) is 115 Å². The third-order valence-electron chi connectivity index (χ3n) is 7.98. The predicted octanol–water partition coefficient (Wildman–Crippen LogP) is -2.20. The van der Waals surface area contributed by atoms with Crippen LogP contribution in [-0.4, -0.2) is 101 Å². The maximum Gasteiger partial charge on any atom is 3.00 e. The minimum atomic E-state index is -4.94. The van der Waals surface area contributed by atoms with Crippen molar-refractivity contribution in [3.8, 4) is 23.0 Å². The van der Waals surface area contributed by atoms with Crippen molar-refractivity contribution >= 4 is 71.3 Å². The van der Waals surface area contributed by atoms with Crippen LogP contribution >= 0.6 is 46.4 Å². The van der Waals surface area contributed by atoms with Gasteiger partial charge in [-0.2, -0.15) is 0 Å². The van der Waals surface area contributed by atoms with Crippen LogP contribution in [-0.2, 0) is 33.6 Å². The summed E-state index contributed by atoms with van der Waals surface area (Å²) in [7, 11) is -9.89. The molecule has 0 aromatic heterocycles. The molecule has 4 rings (SSSR count). The maximum absolute atomic E-state index is 11.4. The largest absolute Gasteiger partial charge is 3.00 e. The van der Waals surface area contributed by atoms with Gasteiger partial charge < -0.3 is 41.7 Å². The molecule has 0 bridgehead atoms. The molecule has 0 amide bonds. The van der Waals surface area contributed by atoms with Gasteiger partial charge in [0, 0.05) is 95.3 Å². The molecule has 0 unspecified atom stereocenters. The summed E-state index contributed by atoms with van der Waals surface area (Å²) in [5.41, 5.74) is 2.16. The van der Waals surface area contributed by atoms with E-state index >= 15 is 0 Å². The van der Waals surface area contributed by atoms with Gasteiger partial charge in [-0.1, -0.05) is 149 Å². The summed E-state index contributed by atoms with van der Waals surface area (Å²) in [6, 6.07) is 20.5. The molecule has 0 aliphatic rings. The molecule has 0 aliphatic heterocycles. The Bertz CT molecular complexity index is 1950. The third kappa shape index (κ3) is 53.1. The Kier molecular flexibility index (Phi) is 48.0. The minimum Gasteiger partial charge on any atom is -0.872 e. The summed E-state index contributed by atoms with van der Waals surface area (Å²) in [6.07, 6.45) is 6.32. The van der Waals surface area contributed by atoms with Crippen LogP contribution in [0.25, 0.3) is 0 Å². The minimum absolute atomic E-state index is 0. The summed E-state index contributed by atoms with van der Waals surface area (Å²) in [5.74, 6) is -0.204. The van der Waals surface area contributed by atoms with Gasteiger partial charge in [-0.15, -0.1) is 20.5 Å². The van der Waals surface area contributed by atoms with Crippen LogP contribution in [0.1, 0.15) is 77.6 Å². The van der Waals surface area contributed by atoms with Gasteiger partial charge >= 0.3 is 33.6 Å². The quantitative estimate of drug-likeness (QED) is 0.0539. The molecule has 4 aromatic rings. The molecule has 20 nitrogen and oxygen atoms in total. The first-order chi connectivity index (χ1) is 34.4. The van der Waals surface area contributed by atoms with E-state index < -0.39 is 20.5 Å². The predicted molar refractivity (Wildman–Crippen MR) is 266 cm³/mol. The molecule has 28 heteroatoms. The Morgan fingerprint density at radius 2 is 0.526 bits per heavy atom. The molecule has 0 radical (unpaired) electrons. The average Bonchev–Trinajstić information content (AvgIpc) is 3.27. The molecule has 0 saturated heterocycles. The van der Waals surface area contributed by atoms with Crippen LogP contribution in [0, 0.1) is 20.5 Å². The standard InChI is InChI=1S/4C12H17ClN2O.2ClHO4.2Co/c4*1-9(2)15-6-5-14-8-10-7-11(13)3-4-12(10)16;2*2-1(3,4)5;;/h4*3-4,7-9,15-16H,5-6H2,1-2H3;2*(H,2,3,4,5);;/q;;;;;;2*+3/p-6. The molecule has 0 heterocycles.